The van der Waals surface area contributed by atoms with Crippen molar-refractivity contribution in [2.45, 2.75) is 24.4 Å². The molecule has 0 aliphatic carbocycles. The summed E-state index contributed by atoms with van der Waals surface area (Å²) in [6.07, 6.45) is 0. The van der Waals surface area contributed by atoms with Crippen LogP contribution in [0.25, 0.3) is 0 Å². The van der Waals surface area contributed by atoms with Gasteiger partial charge in [0.1, 0.15) is 11.5 Å². The predicted molar refractivity (Wildman–Crippen MR) is 65.5 cm³/mol. The summed E-state index contributed by atoms with van der Waals surface area (Å²) in [6, 6.07) is 9.27. The molecule has 17 heavy (non-hydrogen) atoms. The van der Waals surface area contributed by atoms with E-state index in [1.807, 2.05) is 30.3 Å². The molecule has 0 aromatic heterocycles. The number of carbonyl (C=O) groups is 1. The third kappa shape index (κ3) is 2.60. The van der Waals surface area contributed by atoms with E-state index in [0.717, 1.165) is 5.56 Å². The van der Waals surface area contributed by atoms with Gasteiger partial charge in [-0.15, -0.1) is 11.6 Å². The molecule has 0 spiro atoms. The largest absolute Gasteiger partial charge is 0.465 e. The SMILES string of the molecule is CCOC(=O)C1NNC(Cl)C1c1ccccc1. The van der Waals surface area contributed by atoms with Crippen molar-refractivity contribution in [3.05, 3.63) is 35.9 Å². The first-order valence-corrected chi connectivity index (χ1v) is 6.04. The molecule has 5 heteroatoms. The molecule has 0 saturated carbocycles. The summed E-state index contributed by atoms with van der Waals surface area (Å²) in [4.78, 5) is 11.8. The Hall–Kier alpha value is -1.10. The zero-order valence-electron chi connectivity index (χ0n) is 9.52. The van der Waals surface area contributed by atoms with Crippen LogP contribution >= 0.6 is 11.6 Å². The molecule has 1 aromatic carbocycles. The van der Waals surface area contributed by atoms with Gasteiger partial charge in [-0.3, -0.25) is 4.79 Å². The van der Waals surface area contributed by atoms with Crippen LogP contribution in [-0.2, 0) is 9.53 Å². The van der Waals surface area contributed by atoms with Crippen molar-refractivity contribution >= 4 is 17.6 Å². The lowest BCUT2D eigenvalue weighted by Crippen LogP contribution is -2.39. The first kappa shape index (κ1) is 12.4. The molecule has 3 atom stereocenters. The number of ether oxygens (including phenoxy) is 1. The molecule has 0 amide bonds. The molecule has 0 radical (unpaired) electrons. The number of halogens is 1. The third-order valence-electron chi connectivity index (χ3n) is 2.78. The van der Waals surface area contributed by atoms with Crippen LogP contribution in [0.15, 0.2) is 30.3 Å². The molecular weight excluding hydrogens is 240 g/mol. The van der Waals surface area contributed by atoms with E-state index in [-0.39, 0.29) is 17.4 Å². The number of rotatable bonds is 3. The van der Waals surface area contributed by atoms with E-state index in [2.05, 4.69) is 10.9 Å². The van der Waals surface area contributed by atoms with E-state index in [1.54, 1.807) is 6.92 Å². The van der Waals surface area contributed by atoms with Crippen LogP contribution in [0.3, 0.4) is 0 Å². The minimum absolute atomic E-state index is 0.128. The van der Waals surface area contributed by atoms with E-state index < -0.39 is 6.04 Å². The van der Waals surface area contributed by atoms with Crippen LogP contribution in [0.2, 0.25) is 0 Å². The highest BCUT2D eigenvalue weighted by Crippen LogP contribution is 2.29. The zero-order chi connectivity index (χ0) is 12.3. The normalized spacial score (nSPS) is 28.0. The summed E-state index contributed by atoms with van der Waals surface area (Å²) in [6.45, 7) is 2.15. The molecule has 0 bridgehead atoms. The Morgan fingerprint density at radius 2 is 2.06 bits per heavy atom. The van der Waals surface area contributed by atoms with Gasteiger partial charge in [0.15, 0.2) is 0 Å². The van der Waals surface area contributed by atoms with Crippen molar-refractivity contribution in [3.8, 4) is 0 Å². The second kappa shape index (κ2) is 5.49. The highest BCUT2D eigenvalue weighted by molar-refractivity contribution is 6.21. The number of nitrogens with one attached hydrogen (secondary N) is 2. The Morgan fingerprint density at radius 3 is 2.71 bits per heavy atom. The van der Waals surface area contributed by atoms with Crippen LogP contribution < -0.4 is 10.9 Å². The number of carbonyl (C=O) groups excluding carboxylic acids is 1. The predicted octanol–water partition coefficient (Wildman–Crippen LogP) is 1.37. The summed E-state index contributed by atoms with van der Waals surface area (Å²) in [7, 11) is 0. The van der Waals surface area contributed by atoms with Crippen LogP contribution in [0.5, 0.6) is 0 Å². The first-order chi connectivity index (χ1) is 8.24. The van der Waals surface area contributed by atoms with Crippen molar-refractivity contribution < 1.29 is 9.53 Å². The highest BCUT2D eigenvalue weighted by atomic mass is 35.5. The fourth-order valence-corrected chi connectivity index (χ4v) is 2.35. The molecule has 1 aliphatic heterocycles. The Kier molecular flexibility index (Phi) is 3.99. The van der Waals surface area contributed by atoms with Gasteiger partial charge in [0, 0.05) is 5.92 Å². The number of hydrogen-bond donors (Lipinski definition) is 2. The van der Waals surface area contributed by atoms with Gasteiger partial charge >= 0.3 is 5.97 Å². The second-order valence-electron chi connectivity index (χ2n) is 3.86. The van der Waals surface area contributed by atoms with E-state index in [0.29, 0.717) is 6.61 Å². The van der Waals surface area contributed by atoms with Gasteiger partial charge in [0.2, 0.25) is 0 Å². The average molecular weight is 255 g/mol. The molecule has 2 N–H and O–H groups in total. The van der Waals surface area contributed by atoms with Gasteiger partial charge in [-0.2, -0.15) is 0 Å². The molecule has 4 nitrogen and oxygen atoms in total. The smallest absolute Gasteiger partial charge is 0.325 e. The zero-order valence-corrected chi connectivity index (χ0v) is 10.3. The van der Waals surface area contributed by atoms with Crippen molar-refractivity contribution in [2.75, 3.05) is 6.61 Å². The average Bonchev–Trinajstić information content (AvgIpc) is 2.73. The molecule has 3 unspecified atom stereocenters. The standard InChI is InChI=1S/C12H15ClN2O2/c1-2-17-12(16)10-9(11(13)15-14-10)8-6-4-3-5-7-8/h3-7,9-11,14-15H,2H2,1H3. The van der Waals surface area contributed by atoms with Crippen LogP contribution in [0, 0.1) is 0 Å². The van der Waals surface area contributed by atoms with Crippen molar-refractivity contribution in [2.24, 2.45) is 0 Å². The molecule has 1 aliphatic rings. The second-order valence-corrected chi connectivity index (χ2v) is 4.33. The van der Waals surface area contributed by atoms with Crippen LogP contribution in [0.4, 0.5) is 0 Å². The van der Waals surface area contributed by atoms with E-state index >= 15 is 0 Å². The lowest BCUT2D eigenvalue weighted by molar-refractivity contribution is -0.145. The molecular formula is C12H15ClN2O2. The Bertz CT molecular complexity index is 385. The van der Waals surface area contributed by atoms with Crippen molar-refractivity contribution in [3.63, 3.8) is 0 Å². The molecule has 1 heterocycles. The highest BCUT2D eigenvalue weighted by Gasteiger charge is 2.40. The topological polar surface area (TPSA) is 50.4 Å². The van der Waals surface area contributed by atoms with Crippen LogP contribution in [-0.4, -0.2) is 24.1 Å². The molecule has 1 saturated heterocycles. The number of hydrazine groups is 1. The minimum Gasteiger partial charge on any atom is -0.465 e. The van der Waals surface area contributed by atoms with E-state index in [4.69, 9.17) is 16.3 Å². The quantitative estimate of drug-likeness (QED) is 0.486. The maximum atomic E-state index is 11.8. The lowest BCUT2D eigenvalue weighted by Gasteiger charge is -2.18. The summed E-state index contributed by atoms with van der Waals surface area (Å²) >= 11 is 6.17. The van der Waals surface area contributed by atoms with Gasteiger partial charge < -0.3 is 4.74 Å². The van der Waals surface area contributed by atoms with Gasteiger partial charge in [-0.1, -0.05) is 30.3 Å². The summed E-state index contributed by atoms with van der Waals surface area (Å²) in [5.41, 5.74) is 6.44. The number of hydrogen-bond acceptors (Lipinski definition) is 4. The summed E-state index contributed by atoms with van der Waals surface area (Å²) in [5.74, 6) is -0.408. The fraction of sp³-hybridized carbons (Fsp3) is 0.417. The molecule has 1 aromatic rings. The number of alkyl halides is 1. The van der Waals surface area contributed by atoms with Crippen molar-refractivity contribution in [1.29, 1.82) is 0 Å². The molecule has 2 rings (SSSR count). The summed E-state index contributed by atoms with van der Waals surface area (Å²) < 4.78 is 5.03. The molecule has 1 fully saturated rings. The number of esters is 1. The Labute approximate surface area is 105 Å². The molecule has 92 valence electrons. The summed E-state index contributed by atoms with van der Waals surface area (Å²) in [5, 5.41) is 0. The minimum atomic E-state index is -0.445. The maximum Gasteiger partial charge on any atom is 0.325 e. The third-order valence-corrected chi connectivity index (χ3v) is 3.16. The first-order valence-electron chi connectivity index (χ1n) is 5.60. The van der Waals surface area contributed by atoms with Crippen LogP contribution in [0.1, 0.15) is 18.4 Å². The Balaban J connectivity index is 2.20. The van der Waals surface area contributed by atoms with Gasteiger partial charge in [-0.25, -0.2) is 10.9 Å². The van der Waals surface area contributed by atoms with Gasteiger partial charge in [0.25, 0.3) is 0 Å². The number of benzene rings is 1. The fourth-order valence-electron chi connectivity index (χ4n) is 1.99. The van der Waals surface area contributed by atoms with Crippen molar-refractivity contribution in [1.82, 2.24) is 10.9 Å². The monoisotopic (exact) mass is 254 g/mol. The van der Waals surface area contributed by atoms with E-state index in [9.17, 15) is 4.79 Å². The van der Waals surface area contributed by atoms with Gasteiger partial charge in [0.05, 0.1) is 6.61 Å². The lowest BCUT2D eigenvalue weighted by atomic mass is 9.93. The maximum absolute atomic E-state index is 11.8. The van der Waals surface area contributed by atoms with E-state index in [1.165, 1.54) is 0 Å². The Morgan fingerprint density at radius 1 is 1.35 bits per heavy atom. The van der Waals surface area contributed by atoms with Gasteiger partial charge in [-0.05, 0) is 12.5 Å².